The van der Waals surface area contributed by atoms with Gasteiger partial charge in [-0.25, -0.2) is 17.4 Å². The monoisotopic (exact) mass is 480 g/mol. The van der Waals surface area contributed by atoms with Gasteiger partial charge in [0.05, 0.1) is 10.4 Å². The fraction of sp³-hybridized carbons (Fsp3) is 0.269. The summed E-state index contributed by atoms with van der Waals surface area (Å²) in [6, 6.07) is 19.3. The number of pyridine rings is 1. The Kier molecular flexibility index (Phi) is 7.72. The molecule has 0 aliphatic rings. The van der Waals surface area contributed by atoms with E-state index in [1.807, 2.05) is 24.3 Å². The van der Waals surface area contributed by atoms with Crippen LogP contribution < -0.4 is 5.73 Å². The lowest BCUT2D eigenvalue weighted by atomic mass is 10.1. The van der Waals surface area contributed by atoms with Crippen molar-refractivity contribution in [1.82, 2.24) is 13.9 Å². The Balaban J connectivity index is 1.68. The van der Waals surface area contributed by atoms with E-state index < -0.39 is 16.0 Å². The molecule has 0 radical (unpaired) electrons. The molecule has 4 rings (SSSR count). The zero-order valence-electron chi connectivity index (χ0n) is 19.0. The largest absolute Gasteiger partial charge is 0.330 e. The molecule has 6 nitrogen and oxygen atoms in total. The van der Waals surface area contributed by atoms with Crippen LogP contribution in [0.15, 0.2) is 84.0 Å². The van der Waals surface area contributed by atoms with Crippen molar-refractivity contribution < 1.29 is 12.8 Å². The van der Waals surface area contributed by atoms with Crippen LogP contribution in [-0.2, 0) is 23.1 Å². The number of aromatic nitrogens is 2. The Labute approximate surface area is 199 Å². The van der Waals surface area contributed by atoms with E-state index in [1.54, 1.807) is 48.7 Å². The smallest absolute Gasteiger partial charge is 0.268 e. The number of unbranched alkanes of at least 4 members (excludes halogenated alkanes) is 2. The van der Waals surface area contributed by atoms with Gasteiger partial charge in [0.2, 0.25) is 5.95 Å². The highest BCUT2D eigenvalue weighted by atomic mass is 32.2. The molecule has 2 aromatic carbocycles. The molecule has 2 N–H and O–H groups in total. The first-order chi connectivity index (χ1) is 16.5. The molecule has 0 spiro atoms. The summed E-state index contributed by atoms with van der Waals surface area (Å²) in [5.74, 6) is -0.483. The van der Waals surface area contributed by atoms with Crippen LogP contribution in [0.5, 0.6) is 0 Å². The minimum atomic E-state index is -3.76. The first-order valence-corrected chi connectivity index (χ1v) is 12.9. The lowest BCUT2D eigenvalue weighted by Crippen LogP contribution is -2.25. The summed E-state index contributed by atoms with van der Waals surface area (Å²) in [6.07, 6.45) is 5.96. The predicted molar refractivity (Wildman–Crippen MR) is 132 cm³/mol. The number of para-hydroxylation sites is 1. The van der Waals surface area contributed by atoms with Crippen LogP contribution in [0.3, 0.4) is 0 Å². The molecule has 2 heterocycles. The molecular formula is C26H29FN4O2S. The molecule has 0 saturated heterocycles. The van der Waals surface area contributed by atoms with Crippen molar-refractivity contribution in [2.45, 2.75) is 37.2 Å². The SMILES string of the molecule is NCCCCCN(Cc1cccnc1F)Cc1cn(S(=O)(=O)c2ccccc2)c2ccccc12. The fourth-order valence-corrected chi connectivity index (χ4v) is 5.55. The number of hydrogen-bond acceptors (Lipinski definition) is 5. The van der Waals surface area contributed by atoms with E-state index in [4.69, 9.17) is 5.73 Å². The Morgan fingerprint density at radius 3 is 2.38 bits per heavy atom. The van der Waals surface area contributed by atoms with Gasteiger partial charge in [-0.05, 0) is 55.8 Å². The third-order valence-electron chi connectivity index (χ3n) is 5.86. The van der Waals surface area contributed by atoms with Gasteiger partial charge < -0.3 is 5.73 Å². The number of fused-ring (bicyclic) bond motifs is 1. The topological polar surface area (TPSA) is 81.2 Å². The van der Waals surface area contributed by atoms with Crippen molar-refractivity contribution >= 4 is 20.9 Å². The third kappa shape index (κ3) is 5.35. The molecule has 178 valence electrons. The van der Waals surface area contributed by atoms with Crippen LogP contribution in [-0.4, -0.2) is 35.4 Å². The van der Waals surface area contributed by atoms with Crippen LogP contribution >= 0.6 is 0 Å². The van der Waals surface area contributed by atoms with Crippen LogP contribution in [0.1, 0.15) is 30.4 Å². The molecule has 8 heteroatoms. The number of rotatable bonds is 11. The molecule has 0 saturated carbocycles. The molecule has 0 fully saturated rings. The van der Waals surface area contributed by atoms with E-state index in [9.17, 15) is 12.8 Å². The highest BCUT2D eigenvalue weighted by Gasteiger charge is 2.22. The number of hydrogen-bond donors (Lipinski definition) is 1. The number of nitrogens with zero attached hydrogens (tertiary/aromatic N) is 3. The molecule has 4 aromatic rings. The molecule has 0 bridgehead atoms. The van der Waals surface area contributed by atoms with Crippen molar-refractivity contribution in [3.63, 3.8) is 0 Å². The van der Waals surface area contributed by atoms with E-state index in [2.05, 4.69) is 9.88 Å². The molecule has 0 aliphatic heterocycles. The van der Waals surface area contributed by atoms with E-state index in [0.717, 1.165) is 36.8 Å². The quantitative estimate of drug-likeness (QED) is 0.252. The third-order valence-corrected chi connectivity index (χ3v) is 7.55. The van der Waals surface area contributed by atoms with Crippen molar-refractivity contribution in [3.05, 3.63) is 96.2 Å². The summed E-state index contributed by atoms with van der Waals surface area (Å²) in [6.45, 7) is 2.24. The van der Waals surface area contributed by atoms with E-state index in [0.29, 0.717) is 30.7 Å². The normalized spacial score (nSPS) is 12.0. The van der Waals surface area contributed by atoms with Gasteiger partial charge in [0.25, 0.3) is 10.0 Å². The van der Waals surface area contributed by atoms with Gasteiger partial charge in [-0.1, -0.05) is 48.9 Å². The van der Waals surface area contributed by atoms with Crippen molar-refractivity contribution in [3.8, 4) is 0 Å². The second-order valence-corrected chi connectivity index (χ2v) is 10.1. The molecule has 2 aromatic heterocycles. The summed E-state index contributed by atoms with van der Waals surface area (Å²) in [5, 5.41) is 0.862. The summed E-state index contributed by atoms with van der Waals surface area (Å²) in [7, 11) is -3.76. The molecule has 0 atom stereocenters. The standard InChI is InChI=1S/C26H29FN4O2S/c27-26-21(10-9-16-29-26)18-30(17-8-2-7-15-28)19-22-20-31(25-14-6-5-13-24(22)25)34(32,33)23-11-3-1-4-12-23/h1,3-6,9-14,16,20H,2,7-8,15,17-19,28H2. The maximum Gasteiger partial charge on any atom is 0.268 e. The second kappa shape index (κ2) is 10.9. The van der Waals surface area contributed by atoms with Crippen LogP contribution in [0.2, 0.25) is 0 Å². The van der Waals surface area contributed by atoms with Gasteiger partial charge in [0.1, 0.15) is 0 Å². The molecule has 0 amide bonds. The number of halogens is 1. The first-order valence-electron chi connectivity index (χ1n) is 11.4. The maximum absolute atomic E-state index is 14.3. The zero-order valence-corrected chi connectivity index (χ0v) is 19.8. The molecule has 0 unspecified atom stereocenters. The summed E-state index contributed by atoms with van der Waals surface area (Å²) in [5.41, 5.74) is 7.65. The number of nitrogens with two attached hydrogens (primary N) is 1. The second-order valence-electron chi connectivity index (χ2n) is 8.30. The van der Waals surface area contributed by atoms with Gasteiger partial charge in [-0.2, -0.15) is 4.39 Å². The van der Waals surface area contributed by atoms with Crippen LogP contribution in [0, 0.1) is 5.95 Å². The van der Waals surface area contributed by atoms with Gasteiger partial charge in [0.15, 0.2) is 0 Å². The summed E-state index contributed by atoms with van der Waals surface area (Å²) >= 11 is 0. The Hall–Kier alpha value is -3.07. The molecular weight excluding hydrogens is 451 g/mol. The van der Waals surface area contributed by atoms with Gasteiger partial charge in [0, 0.05) is 36.4 Å². The average Bonchev–Trinajstić information content (AvgIpc) is 3.23. The van der Waals surface area contributed by atoms with Gasteiger partial charge in [-0.15, -0.1) is 0 Å². The Morgan fingerprint density at radius 1 is 0.882 bits per heavy atom. The van der Waals surface area contributed by atoms with Crippen LogP contribution in [0.25, 0.3) is 10.9 Å². The zero-order chi connectivity index (χ0) is 24.0. The summed E-state index contributed by atoms with van der Waals surface area (Å²) < 4.78 is 42.5. The van der Waals surface area contributed by atoms with Gasteiger partial charge >= 0.3 is 0 Å². The highest BCUT2D eigenvalue weighted by molar-refractivity contribution is 7.90. The lowest BCUT2D eigenvalue weighted by Gasteiger charge is -2.22. The molecule has 0 aliphatic carbocycles. The van der Waals surface area contributed by atoms with Crippen molar-refractivity contribution in [2.75, 3.05) is 13.1 Å². The molecule has 34 heavy (non-hydrogen) atoms. The summed E-state index contributed by atoms with van der Waals surface area (Å²) in [4.78, 5) is 6.15. The Bertz CT molecular complexity index is 1340. The van der Waals surface area contributed by atoms with E-state index in [-0.39, 0.29) is 4.90 Å². The van der Waals surface area contributed by atoms with Gasteiger partial charge in [-0.3, -0.25) is 4.90 Å². The Morgan fingerprint density at radius 2 is 1.62 bits per heavy atom. The van der Waals surface area contributed by atoms with E-state index in [1.165, 1.54) is 10.2 Å². The maximum atomic E-state index is 14.3. The minimum Gasteiger partial charge on any atom is -0.330 e. The number of benzene rings is 2. The highest BCUT2D eigenvalue weighted by Crippen LogP contribution is 2.27. The first kappa shape index (κ1) is 24.1. The fourth-order valence-electron chi connectivity index (χ4n) is 4.14. The average molecular weight is 481 g/mol. The van der Waals surface area contributed by atoms with Crippen molar-refractivity contribution in [1.29, 1.82) is 0 Å². The minimum absolute atomic E-state index is 0.235. The predicted octanol–water partition coefficient (Wildman–Crippen LogP) is 4.54. The van der Waals surface area contributed by atoms with E-state index >= 15 is 0 Å². The lowest BCUT2D eigenvalue weighted by molar-refractivity contribution is 0.247. The van der Waals surface area contributed by atoms with Crippen LogP contribution in [0.4, 0.5) is 4.39 Å². The van der Waals surface area contributed by atoms with Crippen molar-refractivity contribution in [2.24, 2.45) is 5.73 Å².